The van der Waals surface area contributed by atoms with Gasteiger partial charge in [-0.3, -0.25) is 9.59 Å². The van der Waals surface area contributed by atoms with Crippen molar-refractivity contribution in [2.24, 2.45) is 5.92 Å². The molecule has 1 aromatic carbocycles. The number of aryl methyl sites for hydroxylation is 1. The molecule has 1 unspecified atom stereocenters. The van der Waals surface area contributed by atoms with Crippen LogP contribution >= 0.6 is 0 Å². The minimum Gasteiger partial charge on any atom is -0.467 e. The number of rotatable bonds is 7. The Kier molecular flexibility index (Phi) is 5.51. The number of anilines is 1. The number of carbonyl (C=O) groups is 2. The highest BCUT2D eigenvalue weighted by Gasteiger charge is 2.37. The molecule has 1 saturated heterocycles. The molecule has 4 rings (SSSR count). The maximum atomic E-state index is 13.3. The Morgan fingerprint density at radius 2 is 1.66 bits per heavy atom. The second kappa shape index (κ2) is 8.39. The molecule has 6 nitrogen and oxygen atoms in total. The number of furan rings is 2. The highest BCUT2D eigenvalue weighted by Crippen LogP contribution is 2.28. The molecule has 29 heavy (non-hydrogen) atoms. The van der Waals surface area contributed by atoms with E-state index in [9.17, 15) is 9.59 Å². The molecular formula is C23H24N2O4. The SMILES string of the molecule is CCc1ccc(N2CC(C(=O)N(Cc3ccco3)Cc3ccco3)CC2=O)cc1. The third kappa shape index (κ3) is 4.26. The summed E-state index contributed by atoms with van der Waals surface area (Å²) in [4.78, 5) is 29.3. The topological polar surface area (TPSA) is 66.9 Å². The summed E-state index contributed by atoms with van der Waals surface area (Å²) in [6.07, 6.45) is 4.34. The van der Waals surface area contributed by atoms with Crippen molar-refractivity contribution in [3.05, 3.63) is 78.1 Å². The molecule has 0 radical (unpaired) electrons. The average Bonchev–Trinajstić information content (AvgIpc) is 3.50. The molecule has 3 heterocycles. The van der Waals surface area contributed by atoms with Crippen LogP contribution in [0.5, 0.6) is 0 Å². The van der Waals surface area contributed by atoms with Crippen molar-refractivity contribution in [3.63, 3.8) is 0 Å². The van der Waals surface area contributed by atoms with Gasteiger partial charge in [-0.15, -0.1) is 0 Å². The molecule has 1 aliphatic heterocycles. The summed E-state index contributed by atoms with van der Waals surface area (Å²) in [5, 5.41) is 0. The van der Waals surface area contributed by atoms with E-state index in [1.165, 1.54) is 5.56 Å². The lowest BCUT2D eigenvalue weighted by Gasteiger charge is -2.24. The molecule has 0 N–H and O–H groups in total. The fourth-order valence-electron chi connectivity index (χ4n) is 3.69. The molecule has 1 fully saturated rings. The smallest absolute Gasteiger partial charge is 0.228 e. The van der Waals surface area contributed by atoms with Gasteiger partial charge in [0.2, 0.25) is 11.8 Å². The van der Waals surface area contributed by atoms with Crippen LogP contribution in [0.3, 0.4) is 0 Å². The maximum absolute atomic E-state index is 13.3. The Morgan fingerprint density at radius 3 is 2.17 bits per heavy atom. The van der Waals surface area contributed by atoms with Crippen LogP contribution in [-0.2, 0) is 29.1 Å². The van der Waals surface area contributed by atoms with Gasteiger partial charge in [-0.25, -0.2) is 0 Å². The maximum Gasteiger partial charge on any atom is 0.228 e. The van der Waals surface area contributed by atoms with E-state index in [1.54, 1.807) is 34.5 Å². The molecule has 2 aromatic heterocycles. The second-order valence-corrected chi connectivity index (χ2v) is 7.28. The van der Waals surface area contributed by atoms with Crippen LogP contribution in [0.1, 0.15) is 30.4 Å². The number of carbonyl (C=O) groups excluding carboxylic acids is 2. The molecule has 1 aliphatic rings. The molecule has 0 aliphatic carbocycles. The van der Waals surface area contributed by atoms with Crippen molar-refractivity contribution in [2.75, 3.05) is 11.4 Å². The molecule has 6 heteroatoms. The van der Waals surface area contributed by atoms with Gasteiger partial charge in [0.1, 0.15) is 11.5 Å². The zero-order chi connectivity index (χ0) is 20.2. The van der Waals surface area contributed by atoms with Gasteiger partial charge in [-0.05, 0) is 48.4 Å². The molecule has 0 saturated carbocycles. The van der Waals surface area contributed by atoms with Gasteiger partial charge in [0.25, 0.3) is 0 Å². The third-order valence-electron chi connectivity index (χ3n) is 5.30. The van der Waals surface area contributed by atoms with Gasteiger partial charge >= 0.3 is 0 Å². The molecule has 0 spiro atoms. The zero-order valence-corrected chi connectivity index (χ0v) is 16.4. The van der Waals surface area contributed by atoms with Crippen molar-refractivity contribution in [1.29, 1.82) is 0 Å². The molecule has 150 valence electrons. The number of nitrogens with zero attached hydrogens (tertiary/aromatic N) is 2. The Hall–Kier alpha value is -3.28. The van der Waals surface area contributed by atoms with E-state index in [4.69, 9.17) is 8.83 Å². The van der Waals surface area contributed by atoms with Crippen LogP contribution in [0.4, 0.5) is 5.69 Å². The summed E-state index contributed by atoms with van der Waals surface area (Å²) < 4.78 is 10.9. The van der Waals surface area contributed by atoms with Crippen LogP contribution in [0.15, 0.2) is 69.9 Å². The average molecular weight is 392 g/mol. The predicted molar refractivity (Wildman–Crippen MR) is 108 cm³/mol. The zero-order valence-electron chi connectivity index (χ0n) is 16.4. The van der Waals surface area contributed by atoms with E-state index >= 15 is 0 Å². The summed E-state index contributed by atoms with van der Waals surface area (Å²) in [5.74, 6) is 0.906. The lowest BCUT2D eigenvalue weighted by atomic mass is 10.1. The molecule has 1 atom stereocenters. The van der Waals surface area contributed by atoms with E-state index in [-0.39, 0.29) is 18.2 Å². The standard InChI is InChI=1S/C23H24N2O4/c1-2-17-7-9-19(10-8-17)25-14-18(13-22(25)26)23(27)24(15-20-5-3-11-28-20)16-21-6-4-12-29-21/h3-12,18H,2,13-16H2,1H3. The van der Waals surface area contributed by atoms with Gasteiger partial charge in [-0.1, -0.05) is 19.1 Å². The first-order chi connectivity index (χ1) is 14.1. The third-order valence-corrected chi connectivity index (χ3v) is 5.30. The Labute approximate surface area is 169 Å². The van der Waals surface area contributed by atoms with Crippen LogP contribution < -0.4 is 4.90 Å². The lowest BCUT2D eigenvalue weighted by Crippen LogP contribution is -2.36. The van der Waals surface area contributed by atoms with Gasteiger partial charge in [0.15, 0.2) is 0 Å². The van der Waals surface area contributed by atoms with E-state index in [2.05, 4.69) is 6.92 Å². The van der Waals surface area contributed by atoms with Crippen LogP contribution in [0, 0.1) is 5.92 Å². The summed E-state index contributed by atoms with van der Waals surface area (Å²) in [5.41, 5.74) is 2.06. The van der Waals surface area contributed by atoms with Crippen molar-refractivity contribution in [3.8, 4) is 0 Å². The number of benzene rings is 1. The summed E-state index contributed by atoms with van der Waals surface area (Å²) >= 11 is 0. The van der Waals surface area contributed by atoms with Gasteiger partial charge in [-0.2, -0.15) is 0 Å². The van der Waals surface area contributed by atoms with Gasteiger partial charge in [0.05, 0.1) is 31.5 Å². The van der Waals surface area contributed by atoms with Crippen molar-refractivity contribution < 1.29 is 18.4 Å². The fraction of sp³-hybridized carbons (Fsp3) is 0.304. The van der Waals surface area contributed by atoms with Crippen LogP contribution in [0.25, 0.3) is 0 Å². The number of hydrogen-bond donors (Lipinski definition) is 0. The Bertz CT molecular complexity index is 909. The van der Waals surface area contributed by atoms with Crippen LogP contribution in [0.2, 0.25) is 0 Å². The van der Waals surface area contributed by atoms with E-state index < -0.39 is 5.92 Å². The van der Waals surface area contributed by atoms with E-state index in [0.29, 0.717) is 31.2 Å². The summed E-state index contributed by atoms with van der Waals surface area (Å²) in [6, 6.07) is 15.2. The minimum atomic E-state index is -0.390. The lowest BCUT2D eigenvalue weighted by molar-refractivity contribution is -0.137. The normalized spacial score (nSPS) is 16.4. The summed E-state index contributed by atoms with van der Waals surface area (Å²) in [7, 11) is 0. The highest BCUT2D eigenvalue weighted by atomic mass is 16.3. The quantitative estimate of drug-likeness (QED) is 0.609. The largest absolute Gasteiger partial charge is 0.467 e. The predicted octanol–water partition coefficient (Wildman–Crippen LogP) is 4.02. The summed E-state index contributed by atoms with van der Waals surface area (Å²) in [6.45, 7) is 3.15. The van der Waals surface area contributed by atoms with E-state index in [0.717, 1.165) is 12.1 Å². The first-order valence-corrected chi connectivity index (χ1v) is 9.87. The van der Waals surface area contributed by atoms with Gasteiger partial charge in [0, 0.05) is 18.7 Å². The molecular weight excluding hydrogens is 368 g/mol. The van der Waals surface area contributed by atoms with Crippen molar-refractivity contribution in [2.45, 2.75) is 32.9 Å². The molecule has 0 bridgehead atoms. The molecule has 3 aromatic rings. The fourth-order valence-corrected chi connectivity index (χ4v) is 3.69. The first kappa shape index (κ1) is 19.1. The Balaban J connectivity index is 1.50. The Morgan fingerprint density at radius 1 is 1.03 bits per heavy atom. The first-order valence-electron chi connectivity index (χ1n) is 9.87. The van der Waals surface area contributed by atoms with Crippen molar-refractivity contribution >= 4 is 17.5 Å². The van der Waals surface area contributed by atoms with Crippen LogP contribution in [-0.4, -0.2) is 23.3 Å². The second-order valence-electron chi connectivity index (χ2n) is 7.28. The van der Waals surface area contributed by atoms with Crippen molar-refractivity contribution in [1.82, 2.24) is 4.90 Å². The molecule has 2 amide bonds. The highest BCUT2D eigenvalue weighted by molar-refractivity contribution is 6.00. The monoisotopic (exact) mass is 392 g/mol. The van der Waals surface area contributed by atoms with Gasteiger partial charge < -0.3 is 18.6 Å². The minimum absolute atomic E-state index is 0.0245. The van der Waals surface area contributed by atoms with E-state index in [1.807, 2.05) is 36.4 Å². The number of amides is 2. The number of hydrogen-bond acceptors (Lipinski definition) is 4.